The Hall–Kier alpha value is -1.88. The van der Waals surface area contributed by atoms with E-state index in [0.29, 0.717) is 5.04 Å². The molecule has 0 saturated carbocycles. The van der Waals surface area contributed by atoms with Crippen molar-refractivity contribution in [3.8, 4) is 0 Å². The van der Waals surface area contributed by atoms with Gasteiger partial charge in [0, 0.05) is 12.6 Å². The van der Waals surface area contributed by atoms with E-state index in [9.17, 15) is 8.78 Å². The van der Waals surface area contributed by atoms with Gasteiger partial charge in [0.15, 0.2) is 0 Å². The Labute approximate surface area is 138 Å². The highest BCUT2D eigenvalue weighted by Gasteiger charge is 2.48. The molecule has 0 radical (unpaired) electrons. The third-order valence-electron chi connectivity index (χ3n) is 4.63. The zero-order valence-electron chi connectivity index (χ0n) is 12.7. The Morgan fingerprint density at radius 2 is 2.13 bits per heavy atom. The highest BCUT2D eigenvalue weighted by Crippen LogP contribution is 2.53. The quantitative estimate of drug-likeness (QED) is 0.747. The standard InChI is InChI=1S/C18H16F2N2S/c1-22-18(10-9-12-5-3-2-4-6-15(12)18)23-17(21-22)14-11-13(19)7-8-16(14)20/h2-4,6-8,11H,5,9-10H2,1H3. The van der Waals surface area contributed by atoms with Gasteiger partial charge in [-0.15, -0.1) is 0 Å². The third kappa shape index (κ3) is 2.26. The first kappa shape index (κ1) is 14.7. The van der Waals surface area contributed by atoms with Gasteiger partial charge in [-0.05, 0) is 43.0 Å². The van der Waals surface area contributed by atoms with Gasteiger partial charge in [0.1, 0.15) is 21.5 Å². The van der Waals surface area contributed by atoms with Crippen LogP contribution in [0.5, 0.6) is 0 Å². The van der Waals surface area contributed by atoms with Gasteiger partial charge in [-0.25, -0.2) is 8.78 Å². The molecule has 1 aliphatic heterocycles. The number of halogens is 2. The van der Waals surface area contributed by atoms with Crippen molar-refractivity contribution in [1.82, 2.24) is 5.01 Å². The van der Waals surface area contributed by atoms with Crippen LogP contribution >= 0.6 is 11.8 Å². The van der Waals surface area contributed by atoms with E-state index in [1.807, 2.05) is 18.1 Å². The summed E-state index contributed by atoms with van der Waals surface area (Å²) in [4.78, 5) is -0.300. The zero-order valence-corrected chi connectivity index (χ0v) is 13.5. The second-order valence-electron chi connectivity index (χ2n) is 5.95. The van der Waals surface area contributed by atoms with Crippen LogP contribution in [0.25, 0.3) is 0 Å². The lowest BCUT2D eigenvalue weighted by molar-refractivity contribution is 0.264. The molecule has 23 heavy (non-hydrogen) atoms. The second-order valence-corrected chi connectivity index (χ2v) is 7.21. The molecule has 118 valence electrons. The van der Waals surface area contributed by atoms with E-state index in [2.05, 4.69) is 23.3 Å². The number of hydrogen-bond acceptors (Lipinski definition) is 3. The van der Waals surface area contributed by atoms with Crippen LogP contribution in [0.4, 0.5) is 8.78 Å². The number of benzene rings is 1. The molecule has 0 bridgehead atoms. The van der Waals surface area contributed by atoms with Gasteiger partial charge in [-0.1, -0.05) is 41.6 Å². The van der Waals surface area contributed by atoms with Crippen molar-refractivity contribution in [2.24, 2.45) is 5.10 Å². The minimum atomic E-state index is -0.446. The summed E-state index contributed by atoms with van der Waals surface area (Å²) < 4.78 is 27.6. The smallest absolute Gasteiger partial charge is 0.134 e. The van der Waals surface area contributed by atoms with Crippen LogP contribution in [0.1, 0.15) is 24.8 Å². The first-order valence-corrected chi connectivity index (χ1v) is 8.44. The van der Waals surface area contributed by atoms with Crippen LogP contribution in [0.2, 0.25) is 0 Å². The summed E-state index contributed by atoms with van der Waals surface area (Å²) in [6.45, 7) is 0. The second kappa shape index (κ2) is 5.34. The fourth-order valence-corrected chi connectivity index (χ4v) is 4.89. The van der Waals surface area contributed by atoms with Gasteiger partial charge in [0.25, 0.3) is 0 Å². The number of thioether (sulfide) groups is 1. The van der Waals surface area contributed by atoms with E-state index in [1.54, 1.807) is 0 Å². The van der Waals surface area contributed by atoms with Crippen molar-refractivity contribution in [3.05, 3.63) is 70.8 Å². The molecule has 0 fully saturated rings. The maximum atomic E-state index is 14.1. The van der Waals surface area contributed by atoms with Crippen molar-refractivity contribution in [2.45, 2.75) is 24.1 Å². The van der Waals surface area contributed by atoms with E-state index in [-0.39, 0.29) is 10.4 Å². The molecule has 1 heterocycles. The third-order valence-corrected chi connectivity index (χ3v) is 6.15. The van der Waals surface area contributed by atoms with Crippen LogP contribution in [0.15, 0.2) is 58.8 Å². The molecule has 2 nitrogen and oxygen atoms in total. The van der Waals surface area contributed by atoms with Crippen LogP contribution in [-0.2, 0) is 0 Å². The van der Waals surface area contributed by atoms with Crippen molar-refractivity contribution in [2.75, 3.05) is 7.05 Å². The van der Waals surface area contributed by atoms with Crippen LogP contribution < -0.4 is 0 Å². The molecule has 3 aliphatic rings. The van der Waals surface area contributed by atoms with Gasteiger partial charge in [-0.2, -0.15) is 5.10 Å². The highest BCUT2D eigenvalue weighted by molar-refractivity contribution is 8.16. The SMILES string of the molecule is CN1N=C(c2cc(F)ccc2F)SC12CCC1=C2C=CC=CC1. The molecule has 4 rings (SSSR count). The first-order valence-electron chi connectivity index (χ1n) is 7.63. The summed E-state index contributed by atoms with van der Waals surface area (Å²) in [5.74, 6) is -0.883. The maximum Gasteiger partial charge on any atom is 0.134 e. The number of nitrogens with zero attached hydrogens (tertiary/aromatic N) is 2. The molecule has 1 spiro atoms. The summed E-state index contributed by atoms with van der Waals surface area (Å²) in [6.07, 6.45) is 11.3. The molecule has 0 N–H and O–H groups in total. The Morgan fingerprint density at radius 3 is 3.00 bits per heavy atom. The van der Waals surface area contributed by atoms with Crippen LogP contribution in [0, 0.1) is 11.6 Å². The molecular formula is C18H16F2N2S. The van der Waals surface area contributed by atoms with Gasteiger partial charge in [-0.3, -0.25) is 5.01 Å². The van der Waals surface area contributed by atoms with Crippen molar-refractivity contribution >= 4 is 16.8 Å². The fourth-order valence-electron chi connectivity index (χ4n) is 3.44. The van der Waals surface area contributed by atoms with Gasteiger partial charge < -0.3 is 0 Å². The zero-order chi connectivity index (χ0) is 16.0. The molecule has 1 atom stereocenters. The highest BCUT2D eigenvalue weighted by atomic mass is 32.2. The average molecular weight is 330 g/mol. The summed E-state index contributed by atoms with van der Waals surface area (Å²) >= 11 is 1.53. The van der Waals surface area contributed by atoms with E-state index >= 15 is 0 Å². The number of hydrazone groups is 1. The monoisotopic (exact) mass is 330 g/mol. The number of rotatable bonds is 1. The van der Waals surface area contributed by atoms with E-state index in [1.165, 1.54) is 29.0 Å². The Kier molecular flexibility index (Phi) is 3.41. The molecule has 1 aromatic carbocycles. The van der Waals surface area contributed by atoms with Crippen molar-refractivity contribution in [3.63, 3.8) is 0 Å². The molecule has 1 aromatic rings. The number of fused-ring (bicyclic) bond motifs is 1. The van der Waals surface area contributed by atoms with Gasteiger partial charge >= 0.3 is 0 Å². The number of allylic oxidation sites excluding steroid dienone is 4. The number of hydrogen-bond donors (Lipinski definition) is 0. The lowest BCUT2D eigenvalue weighted by Gasteiger charge is -2.32. The van der Waals surface area contributed by atoms with Crippen LogP contribution in [0.3, 0.4) is 0 Å². The van der Waals surface area contributed by atoms with Gasteiger partial charge in [0.05, 0.1) is 0 Å². The summed E-state index contributed by atoms with van der Waals surface area (Å²) in [7, 11) is 1.92. The van der Waals surface area contributed by atoms with E-state index in [0.717, 1.165) is 31.4 Å². The molecular weight excluding hydrogens is 314 g/mol. The van der Waals surface area contributed by atoms with E-state index in [4.69, 9.17) is 0 Å². The Balaban J connectivity index is 1.73. The molecule has 0 saturated heterocycles. The lowest BCUT2D eigenvalue weighted by atomic mass is 10.1. The maximum absolute atomic E-state index is 14.1. The average Bonchev–Trinajstić information content (AvgIpc) is 2.93. The minimum Gasteiger partial charge on any atom is -0.278 e. The summed E-state index contributed by atoms with van der Waals surface area (Å²) in [5, 5.41) is 6.99. The molecule has 2 aliphatic carbocycles. The normalized spacial score (nSPS) is 26.0. The molecule has 0 aromatic heterocycles. The lowest BCUT2D eigenvalue weighted by Crippen LogP contribution is -2.36. The summed E-state index contributed by atoms with van der Waals surface area (Å²) in [6, 6.07) is 3.52. The first-order chi connectivity index (χ1) is 11.1. The Morgan fingerprint density at radius 1 is 1.26 bits per heavy atom. The predicted molar refractivity (Wildman–Crippen MR) is 90.1 cm³/mol. The fraction of sp³-hybridized carbons (Fsp3) is 0.278. The van der Waals surface area contributed by atoms with Crippen molar-refractivity contribution < 1.29 is 8.78 Å². The van der Waals surface area contributed by atoms with Gasteiger partial charge in [0.2, 0.25) is 0 Å². The van der Waals surface area contributed by atoms with E-state index < -0.39 is 11.6 Å². The molecule has 0 amide bonds. The molecule has 1 unspecified atom stereocenters. The predicted octanol–water partition coefficient (Wildman–Crippen LogP) is 4.61. The largest absolute Gasteiger partial charge is 0.278 e. The topological polar surface area (TPSA) is 15.6 Å². The minimum absolute atomic E-state index is 0.239. The summed E-state index contributed by atoms with van der Waals surface area (Å²) in [5.41, 5.74) is 2.90. The number of likely N-dealkylation sites (N-methyl/N-ethyl adjacent to an activating group) is 1. The Bertz CT molecular complexity index is 794. The van der Waals surface area contributed by atoms with Crippen LogP contribution in [-0.4, -0.2) is 22.0 Å². The molecule has 5 heteroatoms. The van der Waals surface area contributed by atoms with Crippen molar-refractivity contribution in [1.29, 1.82) is 0 Å².